The van der Waals surface area contributed by atoms with Crippen LogP contribution in [-0.2, 0) is 9.59 Å². The van der Waals surface area contributed by atoms with Crippen LogP contribution in [0, 0.1) is 17.8 Å². The van der Waals surface area contributed by atoms with Gasteiger partial charge in [0.2, 0.25) is 5.91 Å². The third-order valence-electron chi connectivity index (χ3n) is 3.46. The van der Waals surface area contributed by atoms with Crippen molar-refractivity contribution in [3.8, 4) is 0 Å². The minimum Gasteiger partial charge on any atom is -0.481 e. The molecule has 4 nitrogen and oxygen atoms in total. The molecule has 4 heteroatoms. The van der Waals surface area contributed by atoms with Gasteiger partial charge in [0, 0.05) is 6.54 Å². The normalized spacial score (nSPS) is 33.3. The van der Waals surface area contributed by atoms with Gasteiger partial charge in [0.25, 0.3) is 0 Å². The van der Waals surface area contributed by atoms with Crippen LogP contribution in [0.4, 0.5) is 0 Å². The zero-order chi connectivity index (χ0) is 10.1. The van der Waals surface area contributed by atoms with Crippen LogP contribution in [0.25, 0.3) is 0 Å². The predicted octanol–water partition coefficient (Wildman–Crippen LogP) is 0.623. The molecule has 2 N–H and O–H groups in total. The van der Waals surface area contributed by atoms with Crippen LogP contribution in [0.3, 0.4) is 0 Å². The van der Waals surface area contributed by atoms with Crippen molar-refractivity contribution in [1.82, 2.24) is 5.32 Å². The first-order valence-corrected chi connectivity index (χ1v) is 5.20. The van der Waals surface area contributed by atoms with Crippen LogP contribution in [0.2, 0.25) is 0 Å². The summed E-state index contributed by atoms with van der Waals surface area (Å²) in [7, 11) is 0. The maximum atomic E-state index is 11.5. The van der Waals surface area contributed by atoms with Crippen molar-refractivity contribution in [3.05, 3.63) is 0 Å². The average Bonchev–Trinajstić information content (AvgIpc) is 2.71. The van der Waals surface area contributed by atoms with Crippen molar-refractivity contribution >= 4 is 11.9 Å². The standard InChI is InChI=1S/C10H15NO3/c12-9-8(6-3-1-2-4-6)7(5-11-9)10(13)14/h6-8H,1-5H2,(H,11,12)(H,13,14). The average molecular weight is 197 g/mol. The highest BCUT2D eigenvalue weighted by Gasteiger charge is 2.44. The van der Waals surface area contributed by atoms with Crippen molar-refractivity contribution in [3.63, 3.8) is 0 Å². The number of nitrogens with one attached hydrogen (secondary N) is 1. The molecule has 0 aromatic carbocycles. The number of hydrogen-bond acceptors (Lipinski definition) is 2. The summed E-state index contributed by atoms with van der Waals surface area (Å²) in [5.41, 5.74) is 0. The van der Waals surface area contributed by atoms with Gasteiger partial charge in [-0.3, -0.25) is 9.59 Å². The third kappa shape index (κ3) is 1.49. The quantitative estimate of drug-likeness (QED) is 0.682. The molecule has 0 aromatic rings. The largest absolute Gasteiger partial charge is 0.481 e. The molecule has 1 amide bonds. The number of hydrogen-bond donors (Lipinski definition) is 2. The molecule has 14 heavy (non-hydrogen) atoms. The molecule has 0 bridgehead atoms. The molecule has 1 saturated carbocycles. The first kappa shape index (κ1) is 9.49. The van der Waals surface area contributed by atoms with Gasteiger partial charge in [-0.1, -0.05) is 12.8 Å². The first-order valence-electron chi connectivity index (χ1n) is 5.20. The molecule has 1 aliphatic carbocycles. The van der Waals surface area contributed by atoms with Crippen LogP contribution in [0.15, 0.2) is 0 Å². The summed E-state index contributed by atoms with van der Waals surface area (Å²) in [5.74, 6) is -1.34. The van der Waals surface area contributed by atoms with Crippen molar-refractivity contribution in [2.24, 2.45) is 17.8 Å². The summed E-state index contributed by atoms with van der Waals surface area (Å²) in [6, 6.07) is 0. The Bertz CT molecular complexity index is 258. The lowest BCUT2D eigenvalue weighted by Gasteiger charge is -2.19. The fraction of sp³-hybridized carbons (Fsp3) is 0.800. The molecular weight excluding hydrogens is 182 g/mol. The summed E-state index contributed by atoms with van der Waals surface area (Å²) >= 11 is 0. The highest BCUT2D eigenvalue weighted by Crippen LogP contribution is 2.37. The third-order valence-corrected chi connectivity index (χ3v) is 3.46. The van der Waals surface area contributed by atoms with E-state index in [-0.39, 0.29) is 11.8 Å². The van der Waals surface area contributed by atoms with Gasteiger partial charge in [-0.25, -0.2) is 0 Å². The van der Waals surface area contributed by atoms with Gasteiger partial charge in [-0.15, -0.1) is 0 Å². The van der Waals surface area contributed by atoms with Crippen LogP contribution in [0.1, 0.15) is 25.7 Å². The molecule has 0 spiro atoms. The van der Waals surface area contributed by atoms with E-state index in [2.05, 4.69) is 5.32 Å². The molecule has 0 aromatic heterocycles. The molecule has 2 fully saturated rings. The molecule has 2 aliphatic rings. The van der Waals surface area contributed by atoms with Gasteiger partial charge in [-0.05, 0) is 18.8 Å². The lowest BCUT2D eigenvalue weighted by atomic mass is 9.82. The fourth-order valence-corrected chi connectivity index (χ4v) is 2.74. The highest BCUT2D eigenvalue weighted by atomic mass is 16.4. The Morgan fingerprint density at radius 2 is 2.00 bits per heavy atom. The highest BCUT2D eigenvalue weighted by molar-refractivity contribution is 5.88. The second kappa shape index (κ2) is 3.59. The lowest BCUT2D eigenvalue weighted by molar-refractivity contribution is -0.145. The second-order valence-corrected chi connectivity index (χ2v) is 4.26. The van der Waals surface area contributed by atoms with E-state index in [1.165, 1.54) is 0 Å². The van der Waals surface area contributed by atoms with Crippen LogP contribution < -0.4 is 5.32 Å². The van der Waals surface area contributed by atoms with Crippen LogP contribution in [-0.4, -0.2) is 23.5 Å². The van der Waals surface area contributed by atoms with Crippen molar-refractivity contribution in [2.45, 2.75) is 25.7 Å². The molecule has 2 rings (SSSR count). The molecule has 1 aliphatic heterocycles. The Morgan fingerprint density at radius 3 is 2.57 bits per heavy atom. The minimum atomic E-state index is -0.833. The first-order chi connectivity index (χ1) is 6.70. The van der Waals surface area contributed by atoms with Crippen molar-refractivity contribution in [2.75, 3.05) is 6.54 Å². The Morgan fingerprint density at radius 1 is 1.36 bits per heavy atom. The van der Waals surface area contributed by atoms with Gasteiger partial charge in [0.15, 0.2) is 0 Å². The smallest absolute Gasteiger partial charge is 0.309 e. The second-order valence-electron chi connectivity index (χ2n) is 4.26. The maximum absolute atomic E-state index is 11.5. The van der Waals surface area contributed by atoms with Gasteiger partial charge >= 0.3 is 5.97 Å². The number of amides is 1. The van der Waals surface area contributed by atoms with Crippen molar-refractivity contribution in [1.29, 1.82) is 0 Å². The number of rotatable bonds is 2. The zero-order valence-corrected chi connectivity index (χ0v) is 8.03. The van der Waals surface area contributed by atoms with E-state index in [9.17, 15) is 9.59 Å². The SMILES string of the molecule is O=C(O)C1CNC(=O)C1C1CCCC1. The van der Waals surface area contributed by atoms with E-state index in [4.69, 9.17) is 5.11 Å². The van der Waals surface area contributed by atoms with E-state index in [1.54, 1.807) is 0 Å². The Kier molecular flexibility index (Phi) is 2.44. The van der Waals surface area contributed by atoms with Gasteiger partial charge < -0.3 is 10.4 Å². The number of aliphatic carboxylic acids is 1. The fourth-order valence-electron chi connectivity index (χ4n) is 2.74. The van der Waals surface area contributed by atoms with Gasteiger partial charge in [0.05, 0.1) is 11.8 Å². The van der Waals surface area contributed by atoms with E-state index >= 15 is 0 Å². The predicted molar refractivity (Wildman–Crippen MR) is 49.6 cm³/mol. The summed E-state index contributed by atoms with van der Waals surface area (Å²) in [5, 5.41) is 11.6. The van der Waals surface area contributed by atoms with Gasteiger partial charge in [-0.2, -0.15) is 0 Å². The number of carboxylic acids is 1. The summed E-state index contributed by atoms with van der Waals surface area (Å²) in [4.78, 5) is 22.4. The van der Waals surface area contributed by atoms with Crippen molar-refractivity contribution < 1.29 is 14.7 Å². The number of carbonyl (C=O) groups is 2. The zero-order valence-electron chi connectivity index (χ0n) is 8.03. The summed E-state index contributed by atoms with van der Waals surface area (Å²) < 4.78 is 0. The summed E-state index contributed by atoms with van der Waals surface area (Å²) in [6.07, 6.45) is 4.31. The molecule has 0 radical (unpaired) electrons. The molecule has 2 atom stereocenters. The van der Waals surface area contributed by atoms with Gasteiger partial charge in [0.1, 0.15) is 0 Å². The molecule has 1 heterocycles. The van der Waals surface area contributed by atoms with Crippen LogP contribution >= 0.6 is 0 Å². The Labute approximate surface area is 82.7 Å². The number of carbonyl (C=O) groups excluding carboxylic acids is 1. The van der Waals surface area contributed by atoms with E-state index < -0.39 is 11.9 Å². The molecule has 1 saturated heterocycles. The van der Waals surface area contributed by atoms with E-state index in [0.29, 0.717) is 12.5 Å². The van der Waals surface area contributed by atoms with Crippen LogP contribution in [0.5, 0.6) is 0 Å². The number of carboxylic acid groups (broad SMARTS) is 1. The topological polar surface area (TPSA) is 66.4 Å². The Hall–Kier alpha value is -1.06. The van der Waals surface area contributed by atoms with E-state index in [1.807, 2.05) is 0 Å². The van der Waals surface area contributed by atoms with E-state index in [0.717, 1.165) is 25.7 Å². The molecular formula is C10H15NO3. The summed E-state index contributed by atoms with van der Waals surface area (Å²) in [6.45, 7) is 0.315. The molecule has 78 valence electrons. The maximum Gasteiger partial charge on any atom is 0.309 e. The monoisotopic (exact) mass is 197 g/mol. The lowest BCUT2D eigenvalue weighted by Crippen LogP contribution is -2.29. The minimum absolute atomic E-state index is 0.0516. The molecule has 2 unspecified atom stereocenters. The Balaban J connectivity index is 2.12.